The van der Waals surface area contributed by atoms with Gasteiger partial charge in [0, 0.05) is 21.6 Å². The third-order valence-corrected chi connectivity index (χ3v) is 4.98. The van der Waals surface area contributed by atoms with E-state index in [2.05, 4.69) is 31.2 Å². The minimum Gasteiger partial charge on any atom is -0.453 e. The van der Waals surface area contributed by atoms with Crippen LogP contribution in [0.15, 0.2) is 59.3 Å². The second kappa shape index (κ2) is 7.95. The van der Waals surface area contributed by atoms with E-state index < -0.39 is 6.10 Å². The van der Waals surface area contributed by atoms with E-state index in [4.69, 9.17) is 9.84 Å². The number of aromatic amines is 1. The number of benzene rings is 2. The van der Waals surface area contributed by atoms with Crippen LogP contribution in [0, 0.1) is 0 Å². The topological polar surface area (TPSA) is 93.0 Å². The van der Waals surface area contributed by atoms with Crippen LogP contribution in [-0.2, 0) is 16.1 Å². The molecule has 0 aliphatic heterocycles. The second-order valence-electron chi connectivity index (χ2n) is 6.25. The third kappa shape index (κ3) is 3.56. The molecule has 2 aromatic heterocycles. The van der Waals surface area contributed by atoms with Crippen LogP contribution in [-0.4, -0.2) is 38.2 Å². The van der Waals surface area contributed by atoms with Gasteiger partial charge < -0.3 is 9.84 Å². The summed E-state index contributed by atoms with van der Waals surface area (Å²) in [5, 5.41) is 21.6. The normalized spacial score (nSPS) is 12.2. The number of aromatic nitrogens is 4. The fraction of sp³-hybridized carbons (Fsp3) is 0.150. The number of rotatable bonds is 7. The Morgan fingerprint density at radius 1 is 1.25 bits per heavy atom. The van der Waals surface area contributed by atoms with E-state index in [0.29, 0.717) is 18.7 Å². The van der Waals surface area contributed by atoms with Crippen LogP contribution in [0.25, 0.3) is 22.0 Å². The highest BCUT2D eigenvalue weighted by molar-refractivity contribution is 9.10. The van der Waals surface area contributed by atoms with E-state index in [-0.39, 0.29) is 6.61 Å². The maximum Gasteiger partial charge on any atom is 0.294 e. The molecule has 0 saturated heterocycles. The standard InChI is InChI=1S/C20H17BrN4O3/c21-16-3-1-2-14(8-16)20(28-12-27)19-17-9-13(4-5-18(17)23-24-19)15-10-22-25(11-15)6-7-26/h1-5,8-12,20,26H,6-7H2,(H,23,24). The van der Waals surface area contributed by atoms with E-state index >= 15 is 0 Å². The number of H-pyrrole nitrogens is 1. The fourth-order valence-corrected chi connectivity index (χ4v) is 3.60. The van der Waals surface area contributed by atoms with Crippen molar-refractivity contribution in [2.45, 2.75) is 12.6 Å². The van der Waals surface area contributed by atoms with Crippen LogP contribution in [0.5, 0.6) is 0 Å². The summed E-state index contributed by atoms with van der Waals surface area (Å²) >= 11 is 3.46. The van der Waals surface area contributed by atoms with Gasteiger partial charge in [-0.1, -0.05) is 34.1 Å². The minimum atomic E-state index is -0.604. The summed E-state index contributed by atoms with van der Waals surface area (Å²) in [5.41, 5.74) is 4.19. The highest BCUT2D eigenvalue weighted by Crippen LogP contribution is 2.33. The summed E-state index contributed by atoms with van der Waals surface area (Å²) in [5.74, 6) is 0. The Kier molecular flexibility index (Phi) is 5.23. The zero-order valence-corrected chi connectivity index (χ0v) is 16.3. The van der Waals surface area contributed by atoms with Gasteiger partial charge in [-0.15, -0.1) is 0 Å². The van der Waals surface area contributed by atoms with Crippen molar-refractivity contribution in [3.8, 4) is 11.1 Å². The highest BCUT2D eigenvalue weighted by Gasteiger charge is 2.21. The van der Waals surface area contributed by atoms with Gasteiger partial charge in [-0.3, -0.25) is 14.6 Å². The van der Waals surface area contributed by atoms with Gasteiger partial charge in [-0.05, 0) is 35.4 Å². The molecule has 4 rings (SSSR count). The van der Waals surface area contributed by atoms with Crippen LogP contribution < -0.4 is 0 Å². The Hall–Kier alpha value is -2.97. The number of carbonyl (C=O) groups is 1. The number of nitrogens with zero attached hydrogens (tertiary/aromatic N) is 3. The smallest absolute Gasteiger partial charge is 0.294 e. The average molecular weight is 441 g/mol. The Labute approximate surface area is 169 Å². The zero-order valence-electron chi connectivity index (χ0n) is 14.7. The fourth-order valence-electron chi connectivity index (χ4n) is 3.19. The molecule has 28 heavy (non-hydrogen) atoms. The molecule has 8 heteroatoms. The lowest BCUT2D eigenvalue weighted by Gasteiger charge is -2.15. The van der Waals surface area contributed by atoms with Gasteiger partial charge in [0.1, 0.15) is 0 Å². The number of halogens is 1. The molecule has 4 aromatic rings. The van der Waals surface area contributed by atoms with Crippen LogP contribution in [0.4, 0.5) is 0 Å². The number of aliphatic hydroxyl groups excluding tert-OH is 1. The molecule has 1 atom stereocenters. The number of hydrogen-bond acceptors (Lipinski definition) is 5. The Balaban J connectivity index is 1.78. The number of nitrogens with one attached hydrogen (secondary N) is 1. The maximum atomic E-state index is 11.2. The summed E-state index contributed by atoms with van der Waals surface area (Å²) in [4.78, 5) is 11.2. The zero-order chi connectivity index (χ0) is 19.5. The lowest BCUT2D eigenvalue weighted by Crippen LogP contribution is -2.06. The first kappa shape index (κ1) is 18.4. The largest absolute Gasteiger partial charge is 0.453 e. The van der Waals surface area contributed by atoms with E-state index in [1.165, 1.54) is 0 Å². The van der Waals surface area contributed by atoms with Crippen LogP contribution in [0.1, 0.15) is 17.4 Å². The summed E-state index contributed by atoms with van der Waals surface area (Å²) in [6.07, 6.45) is 3.03. The first-order chi connectivity index (χ1) is 13.7. The molecule has 0 amide bonds. The SMILES string of the molecule is O=COC(c1cccc(Br)c1)c1[nH]nc2ccc(-c3cnn(CCO)c3)cc12. The predicted molar refractivity (Wildman–Crippen MR) is 108 cm³/mol. The molecular formula is C20H17BrN4O3. The number of ether oxygens (including phenoxy) is 1. The molecule has 0 fully saturated rings. The van der Waals surface area contributed by atoms with Crippen molar-refractivity contribution in [1.29, 1.82) is 0 Å². The lowest BCUT2D eigenvalue weighted by molar-refractivity contribution is -0.132. The van der Waals surface area contributed by atoms with Crippen molar-refractivity contribution in [3.63, 3.8) is 0 Å². The molecule has 1 unspecified atom stereocenters. The van der Waals surface area contributed by atoms with E-state index in [9.17, 15) is 4.79 Å². The monoisotopic (exact) mass is 440 g/mol. The van der Waals surface area contributed by atoms with Crippen LogP contribution in [0.3, 0.4) is 0 Å². The van der Waals surface area contributed by atoms with Crippen molar-refractivity contribution in [3.05, 3.63) is 70.6 Å². The first-order valence-electron chi connectivity index (χ1n) is 8.66. The Morgan fingerprint density at radius 2 is 2.14 bits per heavy atom. The molecule has 0 spiro atoms. The van der Waals surface area contributed by atoms with Crippen molar-refractivity contribution >= 4 is 33.3 Å². The number of fused-ring (bicyclic) bond motifs is 1. The van der Waals surface area contributed by atoms with E-state index in [1.54, 1.807) is 10.9 Å². The van der Waals surface area contributed by atoms with Crippen molar-refractivity contribution < 1.29 is 14.6 Å². The van der Waals surface area contributed by atoms with Gasteiger partial charge in [0.05, 0.1) is 30.6 Å². The third-order valence-electron chi connectivity index (χ3n) is 4.48. The molecule has 2 aromatic carbocycles. The van der Waals surface area contributed by atoms with Gasteiger partial charge in [0.2, 0.25) is 0 Å². The number of aliphatic hydroxyl groups is 1. The molecule has 2 N–H and O–H groups in total. The van der Waals surface area contributed by atoms with Crippen LogP contribution >= 0.6 is 15.9 Å². The first-order valence-corrected chi connectivity index (χ1v) is 9.45. The predicted octanol–water partition coefficient (Wildman–Crippen LogP) is 3.44. The van der Waals surface area contributed by atoms with Gasteiger partial charge in [-0.25, -0.2) is 0 Å². The molecule has 142 valence electrons. The number of carbonyl (C=O) groups excluding carboxylic acids is 1. The lowest BCUT2D eigenvalue weighted by atomic mass is 10.0. The molecule has 0 aliphatic rings. The molecule has 0 radical (unpaired) electrons. The van der Waals surface area contributed by atoms with Gasteiger partial charge in [0.15, 0.2) is 6.10 Å². The second-order valence-corrected chi connectivity index (χ2v) is 7.17. The van der Waals surface area contributed by atoms with Crippen LogP contribution in [0.2, 0.25) is 0 Å². The Morgan fingerprint density at radius 3 is 2.93 bits per heavy atom. The van der Waals surface area contributed by atoms with Crippen molar-refractivity contribution in [1.82, 2.24) is 20.0 Å². The molecule has 0 bridgehead atoms. The molecule has 2 heterocycles. The number of hydrogen-bond donors (Lipinski definition) is 2. The van der Waals surface area contributed by atoms with Gasteiger partial charge in [0.25, 0.3) is 6.47 Å². The summed E-state index contributed by atoms with van der Waals surface area (Å²) < 4.78 is 7.98. The summed E-state index contributed by atoms with van der Waals surface area (Å²) in [6, 6.07) is 13.5. The maximum absolute atomic E-state index is 11.2. The Bertz CT molecular complexity index is 1120. The van der Waals surface area contributed by atoms with Crippen molar-refractivity contribution in [2.75, 3.05) is 6.61 Å². The summed E-state index contributed by atoms with van der Waals surface area (Å²) in [7, 11) is 0. The highest BCUT2D eigenvalue weighted by atomic mass is 79.9. The van der Waals surface area contributed by atoms with E-state index in [0.717, 1.165) is 32.1 Å². The molecular weight excluding hydrogens is 424 g/mol. The van der Waals surface area contributed by atoms with E-state index in [1.807, 2.05) is 48.7 Å². The molecule has 7 nitrogen and oxygen atoms in total. The van der Waals surface area contributed by atoms with Gasteiger partial charge >= 0.3 is 0 Å². The minimum absolute atomic E-state index is 0.0311. The molecule has 0 saturated carbocycles. The van der Waals surface area contributed by atoms with Gasteiger partial charge in [-0.2, -0.15) is 10.2 Å². The quantitative estimate of drug-likeness (QED) is 0.429. The average Bonchev–Trinajstić information content (AvgIpc) is 3.33. The molecule has 0 aliphatic carbocycles. The summed E-state index contributed by atoms with van der Waals surface area (Å²) in [6.45, 7) is 0.918. The van der Waals surface area contributed by atoms with Crippen molar-refractivity contribution in [2.24, 2.45) is 0 Å².